The Balaban J connectivity index is 1.53. The van der Waals surface area contributed by atoms with Gasteiger partial charge >= 0.3 is 7.12 Å². The zero-order valence-electron chi connectivity index (χ0n) is 35.5. The minimum atomic E-state index is -1.97. The standard InChI is InChI=1S/C41H69BO8Si2/c1-25(2)52(26(3)4,27(5)6)45-20-18-30-22-29-23-31-33(43-15)24-32(42-49-40(11,12)41(13,14)50-42)37-36(31)38(35(29)28(7)46-30)48-34(47-37)19-21-44-51(16,17)39(8,9)10/h23-28,30,34H,18-22H2,1-17H3/t28-,30?,34?/m0/s1. The lowest BCUT2D eigenvalue weighted by Gasteiger charge is -2.42. The lowest BCUT2D eigenvalue weighted by atomic mass is 9.76. The summed E-state index contributed by atoms with van der Waals surface area (Å²) in [5.41, 5.74) is 3.69. The molecule has 5 rings (SSSR count). The van der Waals surface area contributed by atoms with Crippen molar-refractivity contribution >= 4 is 40.0 Å². The van der Waals surface area contributed by atoms with Crippen molar-refractivity contribution in [3.8, 4) is 17.2 Å². The molecular formula is C41H69BO8Si2. The molecule has 292 valence electrons. The van der Waals surface area contributed by atoms with Gasteiger partial charge in [0.25, 0.3) is 0 Å². The van der Waals surface area contributed by atoms with Gasteiger partial charge in [0, 0.05) is 36.0 Å². The Bertz CT molecular complexity index is 1560. The molecule has 8 nitrogen and oxygen atoms in total. The predicted octanol–water partition coefficient (Wildman–Crippen LogP) is 10.2. The monoisotopic (exact) mass is 756 g/mol. The van der Waals surface area contributed by atoms with E-state index in [1.54, 1.807) is 7.11 Å². The van der Waals surface area contributed by atoms with Gasteiger partial charge in [0.05, 0.1) is 35.9 Å². The number of fused-ring (bicyclic) bond motifs is 2. The summed E-state index contributed by atoms with van der Waals surface area (Å²) in [6, 6.07) is 4.30. The Labute approximate surface area is 317 Å². The maximum atomic E-state index is 6.97. The Morgan fingerprint density at radius 2 is 1.40 bits per heavy atom. The molecule has 2 aromatic carbocycles. The van der Waals surface area contributed by atoms with Crippen molar-refractivity contribution in [2.75, 3.05) is 20.3 Å². The quantitative estimate of drug-likeness (QED) is 0.187. The van der Waals surface area contributed by atoms with Crippen LogP contribution in [0.2, 0.25) is 34.8 Å². The number of benzene rings is 2. The van der Waals surface area contributed by atoms with Crippen LogP contribution in [0.1, 0.15) is 127 Å². The normalized spacial score (nSPS) is 23.0. The van der Waals surface area contributed by atoms with Crippen LogP contribution in [0.4, 0.5) is 0 Å². The van der Waals surface area contributed by atoms with Crippen molar-refractivity contribution in [2.45, 2.75) is 181 Å². The molecule has 0 spiro atoms. The van der Waals surface area contributed by atoms with Gasteiger partial charge in [-0.15, -0.1) is 0 Å². The third-order valence-electron chi connectivity index (χ3n) is 13.0. The van der Waals surface area contributed by atoms with Crippen LogP contribution in [-0.4, -0.2) is 67.7 Å². The molecule has 1 fully saturated rings. The Hall–Kier alpha value is -1.60. The summed E-state index contributed by atoms with van der Waals surface area (Å²) >= 11 is 0. The van der Waals surface area contributed by atoms with Gasteiger partial charge in [0.1, 0.15) is 17.2 Å². The summed E-state index contributed by atoms with van der Waals surface area (Å²) < 4.78 is 53.4. The molecule has 1 saturated heterocycles. The molecule has 0 bridgehead atoms. The number of ether oxygens (including phenoxy) is 4. The van der Waals surface area contributed by atoms with E-state index in [0.29, 0.717) is 36.3 Å². The molecule has 0 aliphatic carbocycles. The number of hydrogen-bond acceptors (Lipinski definition) is 8. The molecule has 0 aromatic heterocycles. The number of hydrogen-bond donors (Lipinski definition) is 0. The molecule has 2 unspecified atom stereocenters. The molecule has 3 aliphatic heterocycles. The molecule has 0 radical (unpaired) electrons. The Morgan fingerprint density at radius 3 is 1.94 bits per heavy atom. The van der Waals surface area contributed by atoms with Gasteiger partial charge in [-0.1, -0.05) is 62.3 Å². The van der Waals surface area contributed by atoms with E-state index < -0.39 is 41.2 Å². The first kappa shape index (κ1) is 41.6. The molecule has 0 saturated carbocycles. The van der Waals surface area contributed by atoms with Crippen molar-refractivity contribution in [3.05, 3.63) is 23.3 Å². The highest BCUT2D eigenvalue weighted by Gasteiger charge is 2.53. The molecule has 0 N–H and O–H groups in total. The minimum absolute atomic E-state index is 0.0356. The highest BCUT2D eigenvalue weighted by molar-refractivity contribution is 6.77. The van der Waals surface area contributed by atoms with Crippen LogP contribution in [0, 0.1) is 0 Å². The van der Waals surface area contributed by atoms with Crippen LogP contribution in [-0.2, 0) is 29.3 Å². The lowest BCUT2D eigenvalue weighted by Crippen LogP contribution is -2.48. The molecule has 3 aliphatic rings. The summed E-state index contributed by atoms with van der Waals surface area (Å²) in [7, 11) is -2.86. The smallest absolute Gasteiger partial charge is 0.496 e. The predicted molar refractivity (Wildman–Crippen MR) is 218 cm³/mol. The molecular weight excluding hydrogens is 687 g/mol. The fraction of sp³-hybridized carbons (Fsp3) is 0.756. The van der Waals surface area contributed by atoms with Crippen molar-refractivity contribution in [1.82, 2.24) is 0 Å². The maximum Gasteiger partial charge on any atom is 0.498 e. The van der Waals surface area contributed by atoms with Gasteiger partial charge < -0.3 is 37.1 Å². The second kappa shape index (κ2) is 14.8. The first-order chi connectivity index (χ1) is 24.0. The highest BCUT2D eigenvalue weighted by atomic mass is 28.4. The number of rotatable bonds is 13. The average molecular weight is 757 g/mol. The second-order valence-corrected chi connectivity index (χ2v) is 29.2. The van der Waals surface area contributed by atoms with E-state index in [2.05, 4.69) is 116 Å². The molecule has 0 amide bonds. The summed E-state index contributed by atoms with van der Waals surface area (Å²) in [5, 5.41) is 1.94. The first-order valence-corrected chi connectivity index (χ1v) is 24.8. The van der Waals surface area contributed by atoms with Gasteiger partial charge in [0.2, 0.25) is 6.29 Å². The molecule has 3 heterocycles. The maximum absolute atomic E-state index is 6.97. The van der Waals surface area contributed by atoms with E-state index in [1.165, 1.54) is 5.56 Å². The van der Waals surface area contributed by atoms with Crippen molar-refractivity contribution in [1.29, 1.82) is 0 Å². The molecule has 2 aromatic rings. The third-order valence-corrected chi connectivity index (χ3v) is 23.7. The second-order valence-electron chi connectivity index (χ2n) is 18.9. The highest BCUT2D eigenvalue weighted by Crippen LogP contribution is 2.51. The Kier molecular flexibility index (Phi) is 11.8. The van der Waals surface area contributed by atoms with E-state index in [4.69, 9.17) is 37.1 Å². The van der Waals surface area contributed by atoms with Crippen LogP contribution >= 0.6 is 0 Å². The van der Waals surface area contributed by atoms with Crippen molar-refractivity contribution in [3.63, 3.8) is 0 Å². The largest absolute Gasteiger partial charge is 0.498 e. The van der Waals surface area contributed by atoms with Gasteiger partial charge in [-0.2, -0.15) is 0 Å². The minimum Gasteiger partial charge on any atom is -0.496 e. The van der Waals surface area contributed by atoms with E-state index in [-0.39, 0.29) is 17.2 Å². The first-order valence-electron chi connectivity index (χ1n) is 19.8. The zero-order valence-corrected chi connectivity index (χ0v) is 37.5. The molecule has 11 heteroatoms. The summed E-state index contributed by atoms with van der Waals surface area (Å²) in [6.45, 7) is 37.1. The van der Waals surface area contributed by atoms with Gasteiger partial charge in [-0.05, 0) is 99.9 Å². The molecule has 52 heavy (non-hydrogen) atoms. The fourth-order valence-corrected chi connectivity index (χ4v) is 15.0. The summed E-state index contributed by atoms with van der Waals surface area (Å²) in [4.78, 5) is 0. The lowest BCUT2D eigenvalue weighted by molar-refractivity contribution is -0.0382. The van der Waals surface area contributed by atoms with Crippen molar-refractivity contribution in [2.24, 2.45) is 0 Å². The zero-order chi connectivity index (χ0) is 38.8. The van der Waals surface area contributed by atoms with Crippen LogP contribution in [0.25, 0.3) is 10.8 Å². The van der Waals surface area contributed by atoms with Gasteiger partial charge in [-0.25, -0.2) is 0 Å². The van der Waals surface area contributed by atoms with E-state index in [0.717, 1.165) is 51.9 Å². The van der Waals surface area contributed by atoms with Crippen molar-refractivity contribution < 1.29 is 37.1 Å². The van der Waals surface area contributed by atoms with Crippen LogP contribution in [0.15, 0.2) is 12.1 Å². The van der Waals surface area contributed by atoms with E-state index >= 15 is 0 Å². The average Bonchev–Trinajstić information content (AvgIpc) is 3.23. The van der Waals surface area contributed by atoms with E-state index in [9.17, 15) is 0 Å². The third kappa shape index (κ3) is 7.50. The Morgan fingerprint density at radius 1 is 0.846 bits per heavy atom. The van der Waals surface area contributed by atoms with Gasteiger partial charge in [0.15, 0.2) is 16.6 Å². The van der Waals surface area contributed by atoms with Crippen LogP contribution in [0.3, 0.4) is 0 Å². The number of methoxy groups -OCH3 is 1. The van der Waals surface area contributed by atoms with E-state index in [1.807, 2.05) is 6.07 Å². The SMILES string of the molecule is COc1cc(B2OC(C)(C)C(C)(C)O2)c2c3c(c4c(cc13)CC(CCO[Si](C(C)C)(C(C)C)C(C)C)O[C@H]4C)OC(CCO[Si](C)(C)C(C)(C)C)O2. The fourth-order valence-electron chi connectivity index (χ4n) is 8.47. The molecule has 3 atom stereocenters. The summed E-state index contributed by atoms with van der Waals surface area (Å²) in [5.74, 6) is 2.26. The van der Waals surface area contributed by atoms with Crippen LogP contribution in [0.5, 0.6) is 17.2 Å². The summed E-state index contributed by atoms with van der Waals surface area (Å²) in [6.07, 6.45) is 1.49. The van der Waals surface area contributed by atoms with Gasteiger partial charge in [-0.3, -0.25) is 0 Å². The topological polar surface area (TPSA) is 73.8 Å². The van der Waals surface area contributed by atoms with Crippen LogP contribution < -0.4 is 19.7 Å².